The summed E-state index contributed by atoms with van der Waals surface area (Å²) in [4.78, 5) is 48.2. The number of pyridine rings is 1. The van der Waals surface area contributed by atoms with Crippen LogP contribution in [0.15, 0.2) is 41.0 Å². The number of aryl methyl sites for hydroxylation is 1. The molecule has 1 fully saturated rings. The van der Waals surface area contributed by atoms with Crippen molar-refractivity contribution < 1.29 is 28.9 Å². The van der Waals surface area contributed by atoms with Crippen molar-refractivity contribution in [3.8, 4) is 0 Å². The van der Waals surface area contributed by atoms with Gasteiger partial charge in [-0.3, -0.25) is 14.5 Å². The van der Waals surface area contributed by atoms with Gasteiger partial charge in [0.1, 0.15) is 23.7 Å². The third-order valence-corrected chi connectivity index (χ3v) is 7.27. The van der Waals surface area contributed by atoms with Gasteiger partial charge >= 0.3 is 5.97 Å². The van der Waals surface area contributed by atoms with Gasteiger partial charge in [-0.2, -0.15) is 9.36 Å². The van der Waals surface area contributed by atoms with Crippen molar-refractivity contribution in [1.29, 1.82) is 0 Å². The highest BCUT2D eigenvalue weighted by molar-refractivity contribution is 8.00. The first-order valence-electron chi connectivity index (χ1n) is 10.8. The molecule has 14 heteroatoms. The Morgan fingerprint density at radius 1 is 1.43 bits per heavy atom. The van der Waals surface area contributed by atoms with Gasteiger partial charge in [0.15, 0.2) is 24.1 Å². The molecule has 1 unspecified atom stereocenters. The molecule has 4 N–H and O–H groups in total. The van der Waals surface area contributed by atoms with Crippen LogP contribution in [0.2, 0.25) is 0 Å². The standard InChI is InChI=1S/C21H23N7O5S2/c1-3-11-6-5-7-27(8-11)9-12-10-34-19-14(18(30)28(19)15(12)20(31)32)23-17(29)13(25-33-4-2)16-24-21(22)35-26-16/h5-8,14,19H,3-4,9-10H2,1-2H3,(H3-,22,23,24,26,29,31,32)/p+1/t14?,19-/m1/s1. The number of carboxylic acid groups (broad SMARTS) is 1. The maximum absolute atomic E-state index is 13.0. The molecule has 0 radical (unpaired) electrons. The number of amides is 2. The summed E-state index contributed by atoms with van der Waals surface area (Å²) < 4.78 is 5.89. The van der Waals surface area contributed by atoms with Crippen molar-refractivity contribution in [2.45, 2.75) is 38.2 Å². The molecule has 0 aromatic carbocycles. The van der Waals surface area contributed by atoms with Gasteiger partial charge < -0.3 is 21.0 Å². The predicted molar refractivity (Wildman–Crippen MR) is 128 cm³/mol. The lowest BCUT2D eigenvalue weighted by molar-refractivity contribution is -0.689. The van der Waals surface area contributed by atoms with Gasteiger partial charge in [-0.25, -0.2) is 9.36 Å². The topological polar surface area (TPSA) is 164 Å². The Morgan fingerprint density at radius 2 is 2.23 bits per heavy atom. The Labute approximate surface area is 209 Å². The molecule has 2 aliphatic rings. The summed E-state index contributed by atoms with van der Waals surface area (Å²) in [6.07, 6.45) is 4.68. The van der Waals surface area contributed by atoms with Crippen LogP contribution in [-0.2, 0) is 32.2 Å². The molecular weight excluding hydrogens is 494 g/mol. The zero-order chi connectivity index (χ0) is 25.1. The number of hydrogen-bond acceptors (Lipinski definition) is 10. The Balaban J connectivity index is 1.53. The first-order valence-corrected chi connectivity index (χ1v) is 12.6. The lowest BCUT2D eigenvalue weighted by Gasteiger charge is -2.49. The quantitative estimate of drug-likeness (QED) is 0.181. The second-order valence-corrected chi connectivity index (χ2v) is 9.56. The fourth-order valence-electron chi connectivity index (χ4n) is 3.76. The number of carboxylic acids is 1. The van der Waals surface area contributed by atoms with E-state index in [2.05, 4.69) is 19.8 Å². The van der Waals surface area contributed by atoms with Crippen LogP contribution in [0.25, 0.3) is 0 Å². The van der Waals surface area contributed by atoms with E-state index in [-0.39, 0.29) is 29.0 Å². The number of nitrogens with two attached hydrogens (primary N) is 1. The molecule has 35 heavy (non-hydrogen) atoms. The van der Waals surface area contributed by atoms with Crippen LogP contribution in [0, 0.1) is 0 Å². The molecule has 2 aromatic heterocycles. The Kier molecular flexibility index (Phi) is 7.31. The van der Waals surface area contributed by atoms with Gasteiger partial charge in [-0.1, -0.05) is 12.1 Å². The monoisotopic (exact) mass is 518 g/mol. The smallest absolute Gasteiger partial charge is 0.352 e. The maximum Gasteiger partial charge on any atom is 0.352 e. The molecule has 2 atom stereocenters. The van der Waals surface area contributed by atoms with E-state index in [0.29, 0.717) is 17.9 Å². The van der Waals surface area contributed by atoms with Crippen molar-refractivity contribution in [2.75, 3.05) is 18.1 Å². The Bertz CT molecular complexity index is 1230. The summed E-state index contributed by atoms with van der Waals surface area (Å²) in [5.74, 6) is -2.03. The number of thioether (sulfide) groups is 1. The molecular formula is C21H24N7O5S2+. The van der Waals surface area contributed by atoms with E-state index in [9.17, 15) is 19.5 Å². The molecule has 184 valence electrons. The van der Waals surface area contributed by atoms with E-state index < -0.39 is 29.2 Å². The van der Waals surface area contributed by atoms with Gasteiger partial charge in [-0.05, 0) is 19.4 Å². The predicted octanol–water partition coefficient (Wildman–Crippen LogP) is 0.150. The van der Waals surface area contributed by atoms with Gasteiger partial charge in [0.2, 0.25) is 11.5 Å². The second kappa shape index (κ2) is 10.4. The number of carbonyl (C=O) groups is 3. The number of aliphatic carboxylic acids is 1. The average Bonchev–Trinajstić information content (AvgIpc) is 3.28. The highest BCUT2D eigenvalue weighted by Crippen LogP contribution is 2.40. The largest absolute Gasteiger partial charge is 0.477 e. The van der Waals surface area contributed by atoms with Crippen molar-refractivity contribution in [3.63, 3.8) is 0 Å². The van der Waals surface area contributed by atoms with E-state index in [4.69, 9.17) is 10.6 Å². The van der Waals surface area contributed by atoms with Crippen molar-refractivity contribution >= 4 is 51.9 Å². The van der Waals surface area contributed by atoms with E-state index >= 15 is 0 Å². The average molecular weight is 519 g/mol. The number of hydrogen-bond donors (Lipinski definition) is 3. The Hall–Kier alpha value is -3.52. The number of nitrogens with one attached hydrogen (secondary N) is 1. The second-order valence-electron chi connectivity index (χ2n) is 7.67. The van der Waals surface area contributed by atoms with E-state index in [1.807, 2.05) is 36.0 Å². The lowest BCUT2D eigenvalue weighted by atomic mass is 10.0. The summed E-state index contributed by atoms with van der Waals surface area (Å²) in [7, 11) is 0. The number of aromatic nitrogens is 3. The fourth-order valence-corrected chi connectivity index (χ4v) is 5.53. The first-order chi connectivity index (χ1) is 16.8. The van der Waals surface area contributed by atoms with Crippen LogP contribution in [0.3, 0.4) is 0 Å². The lowest BCUT2D eigenvalue weighted by Crippen LogP contribution is -2.71. The highest BCUT2D eigenvalue weighted by atomic mass is 32.2. The van der Waals surface area contributed by atoms with E-state index in [1.54, 1.807) is 6.92 Å². The molecule has 1 saturated heterocycles. The molecule has 0 spiro atoms. The minimum atomic E-state index is -1.18. The summed E-state index contributed by atoms with van der Waals surface area (Å²) in [5.41, 5.74) is 7.09. The fraction of sp³-hybridized carbons (Fsp3) is 0.381. The van der Waals surface area contributed by atoms with Crippen LogP contribution in [0.4, 0.5) is 5.13 Å². The van der Waals surface area contributed by atoms with Crippen molar-refractivity contribution in [2.24, 2.45) is 5.16 Å². The van der Waals surface area contributed by atoms with E-state index in [0.717, 1.165) is 23.5 Å². The van der Waals surface area contributed by atoms with Crippen LogP contribution in [-0.4, -0.2) is 66.6 Å². The zero-order valence-corrected chi connectivity index (χ0v) is 20.6. The normalized spacial score (nSPS) is 19.8. The van der Waals surface area contributed by atoms with Crippen LogP contribution >= 0.6 is 23.3 Å². The molecule has 2 aromatic rings. The minimum absolute atomic E-state index is 0.0156. The molecule has 0 aliphatic carbocycles. The molecule has 2 aliphatic heterocycles. The van der Waals surface area contributed by atoms with Gasteiger partial charge in [0.05, 0.1) is 0 Å². The van der Waals surface area contributed by atoms with E-state index in [1.165, 1.54) is 16.7 Å². The molecule has 0 bridgehead atoms. The molecule has 4 rings (SSSR count). The van der Waals surface area contributed by atoms with Crippen LogP contribution in [0.5, 0.6) is 0 Å². The summed E-state index contributed by atoms with van der Waals surface area (Å²) in [6, 6.07) is 2.98. The zero-order valence-electron chi connectivity index (χ0n) is 19.0. The highest BCUT2D eigenvalue weighted by Gasteiger charge is 2.54. The molecule has 0 saturated carbocycles. The number of β-lactam (4-membered cyclic amide) rings is 1. The number of oxime groups is 1. The van der Waals surface area contributed by atoms with Crippen LogP contribution in [0.1, 0.15) is 25.2 Å². The third-order valence-electron chi connectivity index (χ3n) is 5.39. The number of nitrogen functional groups attached to an aromatic ring is 1. The maximum atomic E-state index is 13.0. The molecule has 4 heterocycles. The number of anilines is 1. The van der Waals surface area contributed by atoms with Gasteiger partial charge in [0, 0.05) is 34.5 Å². The third kappa shape index (κ3) is 4.98. The summed E-state index contributed by atoms with van der Waals surface area (Å²) in [5, 5.41) is 15.9. The number of fused-ring (bicyclic) bond motifs is 1. The van der Waals surface area contributed by atoms with Gasteiger partial charge in [-0.15, -0.1) is 11.8 Å². The number of nitrogens with zero attached hydrogens (tertiary/aromatic N) is 5. The van der Waals surface area contributed by atoms with Crippen molar-refractivity contribution in [3.05, 3.63) is 47.2 Å². The minimum Gasteiger partial charge on any atom is -0.477 e. The number of carbonyl (C=O) groups excluding carboxylic acids is 2. The number of rotatable bonds is 9. The molecule has 12 nitrogen and oxygen atoms in total. The van der Waals surface area contributed by atoms with Crippen molar-refractivity contribution in [1.82, 2.24) is 19.6 Å². The van der Waals surface area contributed by atoms with Crippen LogP contribution < -0.4 is 15.6 Å². The SMILES string of the molecule is CCON=C(C(=O)NC1C(=O)N2C(C(=O)O)=C(C[n+]3cccc(CC)c3)CS[C@H]12)c1nsc(N)n1. The summed E-state index contributed by atoms with van der Waals surface area (Å²) >= 11 is 2.29. The van der Waals surface area contributed by atoms with Gasteiger partial charge in [0.25, 0.3) is 11.8 Å². The summed E-state index contributed by atoms with van der Waals surface area (Å²) in [6.45, 7) is 4.29. The molecule has 2 amide bonds. The first kappa shape index (κ1) is 24.6. The Morgan fingerprint density at radius 3 is 2.89 bits per heavy atom.